The van der Waals surface area contributed by atoms with Crippen LogP contribution in [0.5, 0.6) is 0 Å². The third-order valence-electron chi connectivity index (χ3n) is 7.85. The van der Waals surface area contributed by atoms with Gasteiger partial charge in [-0.3, -0.25) is 33.8 Å². The van der Waals surface area contributed by atoms with Crippen LogP contribution in [-0.4, -0.2) is 104 Å². The van der Waals surface area contributed by atoms with Crippen molar-refractivity contribution in [2.24, 2.45) is 17.4 Å². The van der Waals surface area contributed by atoms with Gasteiger partial charge in [-0.15, -0.1) is 0 Å². The molecule has 0 unspecified atom stereocenters. The number of ether oxygens (including phenoxy) is 1. The molecule has 0 saturated carbocycles. The summed E-state index contributed by atoms with van der Waals surface area (Å²) in [6.45, 7) is 4.97. The van der Waals surface area contributed by atoms with Crippen LogP contribution in [0.2, 0.25) is 0 Å². The zero-order valence-electron chi connectivity index (χ0n) is 28.7. The molecule has 16 heteroatoms. The van der Waals surface area contributed by atoms with Gasteiger partial charge in [-0.05, 0) is 56.3 Å². The van der Waals surface area contributed by atoms with Crippen LogP contribution >= 0.6 is 0 Å². The van der Waals surface area contributed by atoms with E-state index in [-0.39, 0.29) is 62.6 Å². The number of likely N-dealkylation sites (N-methyl/N-ethyl adjacent to an activating group) is 2. The van der Waals surface area contributed by atoms with Crippen LogP contribution in [0.25, 0.3) is 0 Å². The lowest BCUT2D eigenvalue weighted by molar-refractivity contribution is -0.137. The minimum atomic E-state index is -1.13. The molecule has 0 fully saturated rings. The van der Waals surface area contributed by atoms with E-state index in [1.165, 1.54) is 22.0 Å². The molecule has 0 bridgehead atoms. The van der Waals surface area contributed by atoms with E-state index in [1.54, 1.807) is 52.2 Å². The highest BCUT2D eigenvalue weighted by atomic mass is 16.6. The van der Waals surface area contributed by atoms with Crippen LogP contribution < -0.4 is 32.3 Å². The van der Waals surface area contributed by atoms with Gasteiger partial charge in [0.2, 0.25) is 11.8 Å². The molecule has 1 aliphatic heterocycles. The zero-order valence-corrected chi connectivity index (χ0v) is 28.7. The average Bonchev–Trinajstić information content (AvgIpc) is 3.38. The molecule has 1 heterocycles. The monoisotopic (exact) mass is 686 g/mol. The van der Waals surface area contributed by atoms with Gasteiger partial charge in [0.25, 0.3) is 17.7 Å². The quantitative estimate of drug-likeness (QED) is 0.0906. The number of rotatable bonds is 21. The highest BCUT2D eigenvalue weighted by Crippen LogP contribution is 2.24. The summed E-state index contributed by atoms with van der Waals surface area (Å²) >= 11 is 0. The van der Waals surface area contributed by atoms with Crippen molar-refractivity contribution < 1.29 is 38.3 Å². The molecule has 0 spiro atoms. The Labute approximate surface area is 286 Å². The molecule has 0 saturated heterocycles. The van der Waals surface area contributed by atoms with Crippen molar-refractivity contribution in [3.8, 4) is 0 Å². The van der Waals surface area contributed by atoms with Gasteiger partial charge >= 0.3 is 12.1 Å². The molecule has 1 aromatic carbocycles. The second-order valence-electron chi connectivity index (χ2n) is 12.1. The summed E-state index contributed by atoms with van der Waals surface area (Å²) < 4.78 is 5.38. The van der Waals surface area contributed by atoms with Crippen LogP contribution in [0.4, 0.5) is 15.3 Å². The van der Waals surface area contributed by atoms with Crippen LogP contribution in [0, 0.1) is 5.92 Å². The predicted molar refractivity (Wildman–Crippen MR) is 182 cm³/mol. The number of amides is 8. The summed E-state index contributed by atoms with van der Waals surface area (Å²) in [7, 11) is 3.40. The number of benzene rings is 1. The molecular formula is C33H50N8O8. The number of nitrogens with two attached hydrogens (primary N) is 2. The Bertz CT molecular complexity index is 1330. The molecular weight excluding hydrogens is 636 g/mol. The summed E-state index contributed by atoms with van der Waals surface area (Å²) in [5.74, 6) is -2.80. The van der Waals surface area contributed by atoms with Gasteiger partial charge in [0.1, 0.15) is 18.7 Å². The van der Waals surface area contributed by atoms with Crippen LogP contribution in [0.1, 0.15) is 57.9 Å². The van der Waals surface area contributed by atoms with Crippen molar-refractivity contribution in [3.05, 3.63) is 42.0 Å². The van der Waals surface area contributed by atoms with Gasteiger partial charge in [-0.2, -0.15) is 0 Å². The van der Waals surface area contributed by atoms with E-state index in [0.29, 0.717) is 43.6 Å². The maximum atomic E-state index is 14.2. The Balaban J connectivity index is 2.18. The molecule has 49 heavy (non-hydrogen) atoms. The number of urea groups is 1. The van der Waals surface area contributed by atoms with Gasteiger partial charge in [0.15, 0.2) is 0 Å². The first-order chi connectivity index (χ1) is 23.3. The second kappa shape index (κ2) is 20.4. The Hall–Kier alpha value is -4.99. The lowest BCUT2D eigenvalue weighted by atomic mass is 9.99. The average molecular weight is 687 g/mol. The molecule has 0 aromatic heterocycles. The first kappa shape index (κ1) is 40.2. The maximum Gasteiger partial charge on any atom is 0.409 e. The van der Waals surface area contributed by atoms with Crippen molar-refractivity contribution in [2.45, 2.75) is 71.1 Å². The van der Waals surface area contributed by atoms with E-state index in [4.69, 9.17) is 16.2 Å². The van der Waals surface area contributed by atoms with Crippen LogP contribution in [0.15, 0.2) is 36.4 Å². The first-order valence-corrected chi connectivity index (χ1v) is 16.4. The minimum Gasteiger partial charge on any atom is -0.445 e. The summed E-state index contributed by atoms with van der Waals surface area (Å²) in [4.78, 5) is 90.8. The molecule has 7 N–H and O–H groups in total. The summed E-state index contributed by atoms with van der Waals surface area (Å²) in [5, 5.41) is 8.22. The number of hydrogen-bond donors (Lipinski definition) is 5. The van der Waals surface area contributed by atoms with E-state index in [9.17, 15) is 33.6 Å². The van der Waals surface area contributed by atoms with Crippen molar-refractivity contribution >= 4 is 47.3 Å². The molecule has 2 atom stereocenters. The number of primary amides is 2. The van der Waals surface area contributed by atoms with Crippen LogP contribution in [-0.2, 0) is 35.3 Å². The molecule has 16 nitrogen and oxygen atoms in total. The fraction of sp³-hybridized carbons (Fsp3) is 0.545. The first-order valence-electron chi connectivity index (χ1n) is 16.4. The molecule has 2 rings (SSSR count). The minimum absolute atomic E-state index is 0.0266. The third kappa shape index (κ3) is 13.2. The molecule has 270 valence electrons. The second-order valence-corrected chi connectivity index (χ2v) is 12.1. The van der Waals surface area contributed by atoms with E-state index >= 15 is 0 Å². The van der Waals surface area contributed by atoms with E-state index in [1.807, 2.05) is 0 Å². The fourth-order valence-electron chi connectivity index (χ4n) is 5.04. The van der Waals surface area contributed by atoms with E-state index < -0.39 is 36.0 Å². The molecule has 0 radical (unpaired) electrons. The number of nitrogens with zero attached hydrogens (tertiary/aromatic N) is 3. The number of unbranched alkanes of at least 4 members (excludes halogenated alkanes) is 2. The smallest absolute Gasteiger partial charge is 0.409 e. The molecule has 1 aromatic rings. The van der Waals surface area contributed by atoms with Crippen LogP contribution in [0.3, 0.4) is 0 Å². The Morgan fingerprint density at radius 3 is 2.14 bits per heavy atom. The Morgan fingerprint density at radius 2 is 1.57 bits per heavy atom. The van der Waals surface area contributed by atoms with Gasteiger partial charge in [0.05, 0.1) is 0 Å². The summed E-state index contributed by atoms with van der Waals surface area (Å²) in [6, 6.07) is 3.65. The number of imide groups is 1. The highest BCUT2D eigenvalue weighted by Gasteiger charge is 2.36. The number of nitrogens with one attached hydrogen (secondary N) is 3. The normalized spacial score (nSPS) is 13.6. The van der Waals surface area contributed by atoms with E-state index in [2.05, 4.69) is 16.0 Å². The fourth-order valence-corrected chi connectivity index (χ4v) is 5.04. The van der Waals surface area contributed by atoms with Crippen molar-refractivity contribution in [2.75, 3.05) is 45.2 Å². The lowest BCUT2D eigenvalue weighted by Gasteiger charge is -2.34. The van der Waals surface area contributed by atoms with Crippen molar-refractivity contribution in [3.63, 3.8) is 0 Å². The van der Waals surface area contributed by atoms with Gasteiger partial charge in [0, 0.05) is 57.5 Å². The van der Waals surface area contributed by atoms with Crippen molar-refractivity contribution in [1.29, 1.82) is 0 Å². The summed E-state index contributed by atoms with van der Waals surface area (Å²) in [5.41, 5.74) is 11.9. The third-order valence-corrected chi connectivity index (χ3v) is 7.85. The van der Waals surface area contributed by atoms with Gasteiger partial charge in [-0.25, -0.2) is 9.59 Å². The zero-order chi connectivity index (χ0) is 36.5. The summed E-state index contributed by atoms with van der Waals surface area (Å²) in [6.07, 6.45) is 3.99. The number of anilines is 1. The SMILES string of the molecule is CNCCN(C)C(=O)OCc1ccc(N(C(=O)[C@@H](NC(=O)CCCCCN2C(=O)C=CC2=O)C(C)C)[C@@H](CCCNC(N)=O)C(N)=O)cc1. The van der Waals surface area contributed by atoms with Gasteiger partial charge < -0.3 is 37.1 Å². The van der Waals surface area contributed by atoms with E-state index in [0.717, 1.165) is 4.90 Å². The largest absolute Gasteiger partial charge is 0.445 e. The Morgan fingerprint density at radius 1 is 0.918 bits per heavy atom. The highest BCUT2D eigenvalue weighted by molar-refractivity contribution is 6.12. The number of hydrogen-bond acceptors (Lipinski definition) is 9. The molecule has 8 amide bonds. The topological polar surface area (TPSA) is 227 Å². The number of carbonyl (C=O) groups is 7. The van der Waals surface area contributed by atoms with Gasteiger partial charge in [-0.1, -0.05) is 32.4 Å². The lowest BCUT2D eigenvalue weighted by Crippen LogP contribution is -2.57. The number of carbonyl (C=O) groups excluding carboxylic acids is 7. The predicted octanol–water partition coefficient (Wildman–Crippen LogP) is 0.736. The van der Waals surface area contributed by atoms with Crippen molar-refractivity contribution in [1.82, 2.24) is 25.8 Å². The standard InChI is InChI=1S/C33H50N8O8/c1-22(2)29(38-26(42)10-6-5-7-19-40-27(43)15-16-28(40)44)31(46)41(25(30(34)45)9-8-17-37-32(35)47)24-13-11-23(12-14-24)21-49-33(48)39(4)20-18-36-3/h11-16,22,25,29,36H,5-10,17-21H2,1-4H3,(H2,34,45)(H,38,42)(H3,35,37,47)/t25-,29-/m0/s1. The maximum absolute atomic E-state index is 14.2. The molecule has 1 aliphatic rings. The molecule has 0 aliphatic carbocycles. The Kier molecular flexibility index (Phi) is 16.7.